The number of anilines is 1. The summed E-state index contributed by atoms with van der Waals surface area (Å²) in [7, 11) is -0.350. The molecule has 2 amide bonds. The van der Waals surface area contributed by atoms with Gasteiger partial charge in [0.1, 0.15) is 0 Å². The maximum Gasteiger partial charge on any atom is 0.253 e. The van der Waals surface area contributed by atoms with E-state index in [1.165, 1.54) is 9.21 Å². The number of carbonyl (C=O) groups excluding carboxylic acids is 2. The van der Waals surface area contributed by atoms with Crippen LogP contribution in [0.2, 0.25) is 10.0 Å². The predicted molar refractivity (Wildman–Crippen MR) is 139 cm³/mol. The van der Waals surface area contributed by atoms with Gasteiger partial charge in [0.05, 0.1) is 34.5 Å². The topological polar surface area (TPSA) is 101 Å². The number of carbonyl (C=O) groups is 2. The first-order valence-electron chi connectivity index (χ1n) is 10.5. The van der Waals surface area contributed by atoms with Crippen molar-refractivity contribution in [1.29, 1.82) is 0 Å². The number of nitrogens with zero attached hydrogens (tertiary/aromatic N) is 2. The number of hydrogen-bond donors (Lipinski definition) is 1. The molecule has 0 aliphatic rings. The van der Waals surface area contributed by atoms with Crippen molar-refractivity contribution >= 4 is 50.7 Å². The van der Waals surface area contributed by atoms with Crippen LogP contribution < -0.4 is 10.0 Å². The molecule has 0 spiro atoms. The third-order valence-electron chi connectivity index (χ3n) is 5.44. The fourth-order valence-corrected chi connectivity index (χ4v) is 4.91. The van der Waals surface area contributed by atoms with Crippen molar-refractivity contribution < 1.29 is 18.0 Å². The van der Waals surface area contributed by atoms with E-state index in [2.05, 4.69) is 0 Å². The van der Waals surface area contributed by atoms with Gasteiger partial charge in [0.15, 0.2) is 0 Å². The second kappa shape index (κ2) is 10.7. The smallest absolute Gasteiger partial charge is 0.253 e. The summed E-state index contributed by atoms with van der Waals surface area (Å²) in [5, 5.41) is 0.611. The highest BCUT2D eigenvalue weighted by Crippen LogP contribution is 2.31. The van der Waals surface area contributed by atoms with Crippen LogP contribution in [0.4, 0.5) is 5.69 Å². The largest absolute Gasteiger partial charge is 0.369 e. The number of halogens is 2. The molecule has 3 aromatic rings. The van der Waals surface area contributed by atoms with Crippen LogP contribution in [-0.2, 0) is 21.4 Å². The van der Waals surface area contributed by atoms with Gasteiger partial charge in [-0.15, -0.1) is 0 Å². The van der Waals surface area contributed by atoms with Crippen LogP contribution in [0.5, 0.6) is 0 Å². The summed E-state index contributed by atoms with van der Waals surface area (Å²) >= 11 is 12.3. The SMILES string of the molecule is CN(C)C(=O)c1ccc(C(C(N)=O)c2ccc(N(Cc3cccc(Cl)c3Cl)S(C)(=O)=O)cc2)cc1. The second-order valence-electron chi connectivity index (χ2n) is 8.23. The van der Waals surface area contributed by atoms with Crippen LogP contribution in [0, 0.1) is 0 Å². The number of sulfonamides is 1. The highest BCUT2D eigenvalue weighted by atomic mass is 35.5. The van der Waals surface area contributed by atoms with Crippen LogP contribution in [-0.4, -0.2) is 45.5 Å². The van der Waals surface area contributed by atoms with Gasteiger partial charge in [0, 0.05) is 19.7 Å². The molecule has 1 unspecified atom stereocenters. The molecule has 10 heteroatoms. The zero-order chi connectivity index (χ0) is 25.9. The number of amides is 2. The highest BCUT2D eigenvalue weighted by molar-refractivity contribution is 7.92. The second-order valence-corrected chi connectivity index (χ2v) is 10.9. The van der Waals surface area contributed by atoms with E-state index in [0.717, 1.165) is 6.26 Å². The van der Waals surface area contributed by atoms with Gasteiger partial charge in [-0.25, -0.2) is 8.42 Å². The molecule has 0 saturated carbocycles. The standard InChI is InChI=1S/C25H25Cl2N3O4S/c1-29(2)25(32)18-9-7-16(8-10-18)22(24(28)31)17-11-13-20(14-12-17)30(35(3,33)34)15-19-5-4-6-21(26)23(19)27/h4-14,22H,15H2,1-3H3,(H2,28,31). The normalized spacial score (nSPS) is 12.1. The third-order valence-corrected chi connectivity index (χ3v) is 7.44. The van der Waals surface area contributed by atoms with E-state index >= 15 is 0 Å². The van der Waals surface area contributed by atoms with Crippen LogP contribution in [0.1, 0.15) is 33.0 Å². The Kier molecular flexibility index (Phi) is 8.10. The molecule has 3 rings (SSSR count). The average molecular weight is 534 g/mol. The molecule has 2 N–H and O–H groups in total. The number of hydrogen-bond acceptors (Lipinski definition) is 4. The Morgan fingerprint density at radius 3 is 1.94 bits per heavy atom. The molecule has 7 nitrogen and oxygen atoms in total. The van der Waals surface area contributed by atoms with Crippen LogP contribution >= 0.6 is 23.2 Å². The molecule has 0 aromatic heterocycles. The quantitative estimate of drug-likeness (QED) is 0.466. The fourth-order valence-electron chi connectivity index (χ4n) is 3.66. The van der Waals surface area contributed by atoms with Crippen LogP contribution in [0.3, 0.4) is 0 Å². The van der Waals surface area contributed by atoms with Crippen molar-refractivity contribution in [1.82, 2.24) is 4.90 Å². The zero-order valence-corrected chi connectivity index (χ0v) is 21.7. The Bertz CT molecular complexity index is 1340. The number of benzene rings is 3. The van der Waals surface area contributed by atoms with Crippen LogP contribution in [0.25, 0.3) is 0 Å². The Balaban J connectivity index is 1.93. The van der Waals surface area contributed by atoms with Gasteiger partial charge in [-0.1, -0.05) is 59.6 Å². The Morgan fingerprint density at radius 1 is 0.914 bits per heavy atom. The molecule has 0 fully saturated rings. The summed E-state index contributed by atoms with van der Waals surface area (Å²) in [5.41, 5.74) is 8.33. The first-order valence-corrected chi connectivity index (χ1v) is 13.1. The van der Waals surface area contributed by atoms with E-state index < -0.39 is 21.8 Å². The minimum absolute atomic E-state index is 0.0157. The van der Waals surface area contributed by atoms with E-state index in [9.17, 15) is 18.0 Å². The van der Waals surface area contributed by atoms with Crippen molar-refractivity contribution in [2.24, 2.45) is 5.73 Å². The first-order chi connectivity index (χ1) is 16.4. The van der Waals surface area contributed by atoms with Crippen molar-refractivity contribution in [3.63, 3.8) is 0 Å². The summed E-state index contributed by atoms with van der Waals surface area (Å²) < 4.78 is 26.3. The Hall–Kier alpha value is -3.07. The molecular weight excluding hydrogens is 509 g/mol. The molecular formula is C25H25Cl2N3O4S. The lowest BCUT2D eigenvalue weighted by Crippen LogP contribution is -2.29. The monoisotopic (exact) mass is 533 g/mol. The van der Waals surface area contributed by atoms with E-state index in [4.69, 9.17) is 28.9 Å². The van der Waals surface area contributed by atoms with Crippen LogP contribution in [0.15, 0.2) is 66.7 Å². The molecule has 0 radical (unpaired) electrons. The lowest BCUT2D eigenvalue weighted by atomic mass is 9.90. The maximum atomic E-state index is 12.6. The average Bonchev–Trinajstić information content (AvgIpc) is 2.79. The van der Waals surface area contributed by atoms with Crippen molar-refractivity contribution in [3.05, 3.63) is 99.0 Å². The lowest BCUT2D eigenvalue weighted by Gasteiger charge is -2.24. The Labute approximate surface area is 215 Å². The number of rotatable bonds is 8. The molecule has 0 aliphatic carbocycles. The van der Waals surface area contributed by atoms with Crippen molar-refractivity contribution in [3.8, 4) is 0 Å². The van der Waals surface area contributed by atoms with Crippen molar-refractivity contribution in [2.75, 3.05) is 24.7 Å². The molecule has 0 heterocycles. The molecule has 0 saturated heterocycles. The van der Waals surface area contributed by atoms with E-state index in [1.54, 1.807) is 80.8 Å². The first kappa shape index (κ1) is 26.5. The van der Waals surface area contributed by atoms with Gasteiger partial charge in [-0.05, 0) is 47.0 Å². The number of nitrogens with two attached hydrogens (primary N) is 1. The zero-order valence-electron chi connectivity index (χ0n) is 19.4. The fraction of sp³-hybridized carbons (Fsp3) is 0.200. The highest BCUT2D eigenvalue weighted by Gasteiger charge is 2.23. The molecule has 3 aromatic carbocycles. The summed E-state index contributed by atoms with van der Waals surface area (Å²) in [6, 6.07) is 18.2. The van der Waals surface area contributed by atoms with Gasteiger partial charge < -0.3 is 10.6 Å². The summed E-state index contributed by atoms with van der Waals surface area (Å²) in [6.45, 7) is -0.0157. The molecule has 184 valence electrons. The van der Waals surface area contributed by atoms with E-state index in [1.807, 2.05) is 0 Å². The van der Waals surface area contributed by atoms with Gasteiger partial charge >= 0.3 is 0 Å². The van der Waals surface area contributed by atoms with Gasteiger partial charge in [0.25, 0.3) is 5.91 Å². The molecule has 0 bridgehead atoms. The molecule has 0 aliphatic heterocycles. The van der Waals surface area contributed by atoms with E-state index in [0.29, 0.717) is 33.0 Å². The summed E-state index contributed by atoms with van der Waals surface area (Å²) in [4.78, 5) is 25.9. The van der Waals surface area contributed by atoms with E-state index in [-0.39, 0.29) is 17.5 Å². The Morgan fingerprint density at radius 2 is 1.46 bits per heavy atom. The van der Waals surface area contributed by atoms with Gasteiger partial charge in [-0.3, -0.25) is 13.9 Å². The summed E-state index contributed by atoms with van der Waals surface area (Å²) in [5.74, 6) is -1.51. The lowest BCUT2D eigenvalue weighted by molar-refractivity contribution is -0.118. The summed E-state index contributed by atoms with van der Waals surface area (Å²) in [6.07, 6.45) is 1.10. The minimum atomic E-state index is -3.66. The van der Waals surface area contributed by atoms with Gasteiger partial charge in [0.2, 0.25) is 15.9 Å². The predicted octanol–water partition coefficient (Wildman–Crippen LogP) is 4.28. The molecule has 1 atom stereocenters. The third kappa shape index (κ3) is 6.14. The molecule has 35 heavy (non-hydrogen) atoms. The van der Waals surface area contributed by atoms with Gasteiger partial charge in [-0.2, -0.15) is 0 Å². The maximum absolute atomic E-state index is 12.6. The minimum Gasteiger partial charge on any atom is -0.369 e. The number of primary amides is 1. The van der Waals surface area contributed by atoms with Crippen molar-refractivity contribution in [2.45, 2.75) is 12.5 Å².